The first-order valence-electron chi connectivity index (χ1n) is 17.8. The minimum Gasteiger partial charge on any atom is -0.425 e. The molecule has 288 valence electrons. The molecule has 53 heavy (non-hydrogen) atoms. The van der Waals surface area contributed by atoms with Gasteiger partial charge in [-0.3, -0.25) is 28.8 Å². The Morgan fingerprint density at radius 3 is 2.15 bits per heavy atom. The molecule has 0 saturated carbocycles. The van der Waals surface area contributed by atoms with E-state index < -0.39 is 84.7 Å². The summed E-state index contributed by atoms with van der Waals surface area (Å²) in [6, 6.07) is 9.97. The van der Waals surface area contributed by atoms with Crippen molar-refractivity contribution in [2.45, 2.75) is 89.5 Å². The Morgan fingerprint density at radius 1 is 0.830 bits per heavy atom. The molecule has 0 spiro atoms. The third-order valence-electron chi connectivity index (χ3n) is 8.32. The van der Waals surface area contributed by atoms with Crippen molar-refractivity contribution < 1.29 is 38.3 Å². The quantitative estimate of drug-likeness (QED) is 0.0576. The lowest BCUT2D eigenvalue weighted by atomic mass is 10.0. The summed E-state index contributed by atoms with van der Waals surface area (Å²) in [5.74, 6) is -4.45. The number of rotatable bonds is 12. The van der Waals surface area contributed by atoms with Crippen molar-refractivity contribution in [2.24, 2.45) is 17.4 Å². The van der Waals surface area contributed by atoms with Gasteiger partial charge < -0.3 is 48.1 Å². The van der Waals surface area contributed by atoms with Crippen molar-refractivity contribution in [2.75, 3.05) is 19.6 Å². The van der Waals surface area contributed by atoms with Gasteiger partial charge in [-0.15, -0.1) is 0 Å². The monoisotopic (exact) mass is 736 g/mol. The number of carbonyl (C=O) groups excluding carboxylic acids is 7. The molecule has 0 unspecified atom stereocenters. The second kappa shape index (κ2) is 21.2. The first-order valence-corrected chi connectivity index (χ1v) is 17.8. The molecule has 0 radical (unpaired) electrons. The van der Waals surface area contributed by atoms with Crippen LogP contribution in [0.25, 0.3) is 0 Å². The van der Waals surface area contributed by atoms with Gasteiger partial charge in [0.05, 0.1) is 19.1 Å². The van der Waals surface area contributed by atoms with Crippen LogP contribution in [0.3, 0.4) is 0 Å². The summed E-state index contributed by atoms with van der Waals surface area (Å²) in [6.07, 6.45) is 1.67. The van der Waals surface area contributed by atoms with E-state index in [2.05, 4.69) is 31.9 Å². The Labute approximate surface area is 309 Å². The fourth-order valence-electron chi connectivity index (χ4n) is 5.46. The lowest BCUT2D eigenvalue weighted by Crippen LogP contribution is -2.56. The zero-order chi connectivity index (χ0) is 38.9. The molecule has 0 saturated heterocycles. The molecule has 4 rings (SSSR count). The van der Waals surface area contributed by atoms with E-state index in [1.54, 1.807) is 36.4 Å². The van der Waals surface area contributed by atoms with Crippen LogP contribution < -0.4 is 48.1 Å². The van der Waals surface area contributed by atoms with Gasteiger partial charge in [-0.25, -0.2) is 4.79 Å². The van der Waals surface area contributed by atoms with Crippen LogP contribution in [0.15, 0.2) is 54.6 Å². The normalized spacial score (nSPS) is 20.2. The number of esters is 1. The van der Waals surface area contributed by atoms with Gasteiger partial charge in [-0.1, -0.05) is 56.3 Å². The predicted molar refractivity (Wildman–Crippen MR) is 196 cm³/mol. The molecule has 0 fully saturated rings. The van der Waals surface area contributed by atoms with E-state index in [4.69, 9.17) is 16.2 Å². The SMILES string of the molecule is CC(C)C[C@@H]1NC(=O)[C@H](Cc2ccccc2)NC(=O)CNC(=O)CNC(=O)[C@@H](NC(=O)[C@H](CCCCN)NC(=O)[C@H](C)N)Cc2ccc(cc2)OC1=O. The van der Waals surface area contributed by atoms with E-state index in [0.717, 1.165) is 5.56 Å². The van der Waals surface area contributed by atoms with Crippen molar-refractivity contribution >= 4 is 41.4 Å². The van der Waals surface area contributed by atoms with Gasteiger partial charge in [0.2, 0.25) is 35.4 Å². The molecule has 10 N–H and O–H groups in total. The number of fused-ring (bicyclic) bond motifs is 17. The number of hydrogen-bond donors (Lipinski definition) is 8. The van der Waals surface area contributed by atoms with Crippen LogP contribution in [0, 0.1) is 5.92 Å². The molecule has 6 amide bonds. The lowest BCUT2D eigenvalue weighted by molar-refractivity contribution is -0.140. The molecular weight excluding hydrogens is 684 g/mol. The van der Waals surface area contributed by atoms with Crippen molar-refractivity contribution in [1.82, 2.24) is 31.9 Å². The first-order chi connectivity index (χ1) is 25.2. The fraction of sp³-hybridized carbons (Fsp3) is 0.486. The van der Waals surface area contributed by atoms with Crippen LogP contribution in [0.1, 0.15) is 57.6 Å². The third kappa shape index (κ3) is 14.7. The zero-order valence-corrected chi connectivity index (χ0v) is 30.4. The highest BCUT2D eigenvalue weighted by molar-refractivity contribution is 5.95. The zero-order valence-electron chi connectivity index (χ0n) is 30.4. The number of unbranched alkanes of at least 4 members (excludes halogenated alkanes) is 1. The van der Waals surface area contributed by atoms with Gasteiger partial charge in [0.25, 0.3) is 0 Å². The topological polar surface area (TPSA) is 253 Å². The van der Waals surface area contributed by atoms with E-state index in [1.165, 1.54) is 19.1 Å². The highest BCUT2D eigenvalue weighted by Gasteiger charge is 2.31. The number of ether oxygens (including phenoxy) is 1. The summed E-state index contributed by atoms with van der Waals surface area (Å²) >= 11 is 0. The van der Waals surface area contributed by atoms with Crippen LogP contribution in [-0.2, 0) is 46.4 Å². The molecule has 2 heterocycles. The Hall–Kier alpha value is -5.35. The molecule has 0 aromatic heterocycles. The summed E-state index contributed by atoms with van der Waals surface area (Å²) < 4.78 is 5.65. The summed E-state index contributed by atoms with van der Waals surface area (Å²) in [5, 5.41) is 15.6. The molecule has 2 aromatic carbocycles. The van der Waals surface area contributed by atoms with E-state index in [-0.39, 0.29) is 37.4 Å². The largest absolute Gasteiger partial charge is 0.425 e. The van der Waals surface area contributed by atoms with Crippen molar-refractivity contribution in [3.8, 4) is 5.75 Å². The molecule has 2 aliphatic rings. The van der Waals surface area contributed by atoms with Gasteiger partial charge >= 0.3 is 5.97 Å². The molecule has 2 aliphatic heterocycles. The van der Waals surface area contributed by atoms with Crippen LogP contribution in [0.5, 0.6) is 5.75 Å². The van der Waals surface area contributed by atoms with E-state index >= 15 is 0 Å². The van der Waals surface area contributed by atoms with Gasteiger partial charge in [0, 0.05) is 12.8 Å². The Kier molecular flexibility index (Phi) is 16.9. The van der Waals surface area contributed by atoms with E-state index in [1.807, 2.05) is 19.9 Å². The number of nitrogens with one attached hydrogen (secondary N) is 6. The van der Waals surface area contributed by atoms with Gasteiger partial charge in [-0.05, 0) is 68.3 Å². The standard InChI is InChI=1S/C37H52N8O8/c1-22(2)17-30-37(52)53-26-14-12-25(13-15-26)19-28(44-35(50)27(11-7-8-16-38)43-33(48)23(3)39)34(49)41-20-31(46)40-21-32(47)42-29(36(51)45-30)18-24-9-5-4-6-10-24/h4-6,9-10,12-15,22-23,27-30H,7-8,11,16-21,38-39H2,1-3H3,(H,40,46)(H,41,49)(H,42,47)(H,43,48)(H,44,50)(H,45,51)/t23-,27-,28-,29-,30-/m0/s1. The van der Waals surface area contributed by atoms with Crippen molar-refractivity contribution in [3.63, 3.8) is 0 Å². The summed E-state index contributed by atoms with van der Waals surface area (Å²) in [4.78, 5) is 92.0. The fourth-order valence-corrected chi connectivity index (χ4v) is 5.46. The number of amides is 6. The molecule has 5 atom stereocenters. The summed E-state index contributed by atoms with van der Waals surface area (Å²) in [5.41, 5.74) is 12.6. The smallest absolute Gasteiger partial charge is 0.334 e. The third-order valence-corrected chi connectivity index (χ3v) is 8.32. The average molecular weight is 737 g/mol. The van der Waals surface area contributed by atoms with E-state index in [0.29, 0.717) is 24.9 Å². The van der Waals surface area contributed by atoms with Crippen LogP contribution in [-0.4, -0.2) is 91.3 Å². The van der Waals surface area contributed by atoms with Crippen LogP contribution in [0.2, 0.25) is 0 Å². The number of nitrogens with two attached hydrogens (primary N) is 2. The molecule has 16 nitrogen and oxygen atoms in total. The summed E-state index contributed by atoms with van der Waals surface area (Å²) in [7, 11) is 0. The maximum atomic E-state index is 13.6. The Bertz CT molecular complexity index is 1570. The molecule has 2 bridgehead atoms. The number of benzene rings is 2. The summed E-state index contributed by atoms with van der Waals surface area (Å²) in [6.45, 7) is 4.59. The highest BCUT2D eigenvalue weighted by Crippen LogP contribution is 2.17. The van der Waals surface area contributed by atoms with Gasteiger partial charge in [0.1, 0.15) is 29.9 Å². The molecule has 2 aromatic rings. The minimum absolute atomic E-state index is 0.0104. The van der Waals surface area contributed by atoms with E-state index in [9.17, 15) is 33.6 Å². The van der Waals surface area contributed by atoms with Gasteiger partial charge in [-0.2, -0.15) is 0 Å². The maximum absolute atomic E-state index is 13.6. The lowest BCUT2D eigenvalue weighted by Gasteiger charge is -2.25. The van der Waals surface area contributed by atoms with Gasteiger partial charge in [0.15, 0.2) is 0 Å². The Morgan fingerprint density at radius 2 is 1.51 bits per heavy atom. The molecule has 16 heteroatoms. The molecule has 0 aliphatic carbocycles. The van der Waals surface area contributed by atoms with Crippen molar-refractivity contribution in [1.29, 1.82) is 0 Å². The average Bonchev–Trinajstić information content (AvgIpc) is 3.12. The van der Waals surface area contributed by atoms with Crippen LogP contribution >= 0.6 is 0 Å². The second-order valence-electron chi connectivity index (χ2n) is 13.5. The van der Waals surface area contributed by atoms with Crippen LogP contribution in [0.4, 0.5) is 0 Å². The molecular formula is C37H52N8O8. The maximum Gasteiger partial charge on any atom is 0.334 e. The minimum atomic E-state index is -1.20. The number of hydrogen-bond acceptors (Lipinski definition) is 10. The predicted octanol–water partition coefficient (Wildman–Crippen LogP) is -0.915. The number of carbonyl (C=O) groups is 7. The first kappa shape index (κ1) is 42.1. The highest BCUT2D eigenvalue weighted by atomic mass is 16.5. The Balaban J connectivity index is 1.90. The van der Waals surface area contributed by atoms with Crippen molar-refractivity contribution in [3.05, 3.63) is 65.7 Å². The second-order valence-corrected chi connectivity index (χ2v) is 13.5.